The van der Waals surface area contributed by atoms with Crippen molar-refractivity contribution in [2.24, 2.45) is 7.05 Å². The molecule has 2 aromatic heterocycles. The van der Waals surface area contributed by atoms with E-state index in [0.29, 0.717) is 23.5 Å². The summed E-state index contributed by atoms with van der Waals surface area (Å²) in [7, 11) is 1.80. The Balaban J connectivity index is 0.00000169. The second-order valence-electron chi connectivity index (χ2n) is 6.38. The summed E-state index contributed by atoms with van der Waals surface area (Å²) in [5.41, 5.74) is 1.45. The average Bonchev–Trinajstić information content (AvgIpc) is 3.18. The first-order valence-corrected chi connectivity index (χ1v) is 8.19. The van der Waals surface area contributed by atoms with Crippen LogP contribution in [0.4, 0.5) is 5.95 Å². The third-order valence-corrected chi connectivity index (χ3v) is 4.56. The monoisotopic (exact) mass is 351 g/mol. The summed E-state index contributed by atoms with van der Waals surface area (Å²) in [6.45, 7) is 1.98. The van der Waals surface area contributed by atoms with E-state index in [1.54, 1.807) is 11.7 Å². The predicted molar refractivity (Wildman–Crippen MR) is 91.6 cm³/mol. The van der Waals surface area contributed by atoms with Gasteiger partial charge in [-0.25, -0.2) is 4.68 Å². The summed E-state index contributed by atoms with van der Waals surface area (Å²) in [4.78, 5) is 16.8. The standard InChI is InChI=1S/C15H21N7O.ClH/c1-22-15(17-13(21-22)10-4-6-16-7-5-10)18-14(23)12-8-11(19-20-12)9-2-3-9;/h8-10,16H,2-7H2,1H3,(H,19,20)(H,17,18,21,23);1H. The molecule has 0 unspecified atom stereocenters. The number of nitrogens with one attached hydrogen (secondary N) is 3. The van der Waals surface area contributed by atoms with Gasteiger partial charge in [-0.1, -0.05) is 0 Å². The van der Waals surface area contributed by atoms with Crippen LogP contribution in [0.25, 0.3) is 0 Å². The van der Waals surface area contributed by atoms with E-state index < -0.39 is 0 Å². The topological polar surface area (TPSA) is 101 Å². The third kappa shape index (κ3) is 3.44. The summed E-state index contributed by atoms with van der Waals surface area (Å²) < 4.78 is 1.63. The molecule has 4 rings (SSSR count). The Morgan fingerprint density at radius 2 is 2.00 bits per heavy atom. The molecule has 1 aliphatic carbocycles. The molecule has 1 amide bonds. The first-order valence-electron chi connectivity index (χ1n) is 8.19. The number of aryl methyl sites for hydroxylation is 1. The number of hydrogen-bond donors (Lipinski definition) is 3. The molecule has 0 spiro atoms. The first-order chi connectivity index (χ1) is 11.2. The maximum absolute atomic E-state index is 12.3. The molecule has 0 aromatic carbocycles. The highest BCUT2D eigenvalue weighted by Gasteiger charge is 2.27. The minimum Gasteiger partial charge on any atom is -0.317 e. The number of carbonyl (C=O) groups excluding carboxylic acids is 1. The fourth-order valence-electron chi connectivity index (χ4n) is 2.99. The molecule has 2 aliphatic rings. The lowest BCUT2D eigenvalue weighted by Gasteiger charge is -2.19. The summed E-state index contributed by atoms with van der Waals surface area (Å²) in [6.07, 6.45) is 4.40. The van der Waals surface area contributed by atoms with Crippen LogP contribution in [0.2, 0.25) is 0 Å². The SMILES string of the molecule is Cl.Cn1nc(C2CCNCC2)nc1NC(=O)c1cc(C2CC2)[nH]n1. The van der Waals surface area contributed by atoms with Gasteiger partial charge < -0.3 is 5.32 Å². The maximum Gasteiger partial charge on any atom is 0.278 e. The third-order valence-electron chi connectivity index (χ3n) is 4.56. The van der Waals surface area contributed by atoms with E-state index in [0.717, 1.165) is 37.4 Å². The summed E-state index contributed by atoms with van der Waals surface area (Å²) >= 11 is 0. The van der Waals surface area contributed by atoms with E-state index in [4.69, 9.17) is 0 Å². The number of anilines is 1. The number of aromatic nitrogens is 5. The minimum absolute atomic E-state index is 0. The number of halogens is 1. The minimum atomic E-state index is -0.250. The lowest BCUT2D eigenvalue weighted by molar-refractivity contribution is 0.102. The quantitative estimate of drug-likeness (QED) is 0.776. The highest BCUT2D eigenvalue weighted by Crippen LogP contribution is 2.39. The van der Waals surface area contributed by atoms with Crippen molar-refractivity contribution in [1.29, 1.82) is 0 Å². The molecule has 9 heteroatoms. The molecular formula is C15H22ClN7O. The van der Waals surface area contributed by atoms with Gasteiger partial charge in [0, 0.05) is 24.6 Å². The van der Waals surface area contributed by atoms with Gasteiger partial charge in [-0.15, -0.1) is 12.4 Å². The highest BCUT2D eigenvalue weighted by atomic mass is 35.5. The molecule has 0 bridgehead atoms. The van der Waals surface area contributed by atoms with Gasteiger partial charge in [0.1, 0.15) is 0 Å². The van der Waals surface area contributed by atoms with Crippen LogP contribution in [-0.4, -0.2) is 44.0 Å². The van der Waals surface area contributed by atoms with Crippen LogP contribution in [0.1, 0.15) is 59.5 Å². The number of nitrogens with zero attached hydrogens (tertiary/aromatic N) is 4. The van der Waals surface area contributed by atoms with Crippen molar-refractivity contribution in [3.63, 3.8) is 0 Å². The number of amides is 1. The number of rotatable bonds is 4. The van der Waals surface area contributed by atoms with E-state index in [1.165, 1.54) is 12.8 Å². The van der Waals surface area contributed by atoms with Crippen molar-refractivity contribution >= 4 is 24.3 Å². The van der Waals surface area contributed by atoms with Crippen LogP contribution >= 0.6 is 12.4 Å². The van der Waals surface area contributed by atoms with Gasteiger partial charge in [0.25, 0.3) is 5.91 Å². The van der Waals surface area contributed by atoms with Crippen molar-refractivity contribution in [3.8, 4) is 0 Å². The Bertz CT molecular complexity index is 715. The van der Waals surface area contributed by atoms with Gasteiger partial charge >= 0.3 is 0 Å². The Hall–Kier alpha value is -1.93. The Labute approximate surface area is 146 Å². The second kappa shape index (κ2) is 6.90. The van der Waals surface area contributed by atoms with E-state index in [9.17, 15) is 4.79 Å². The molecule has 8 nitrogen and oxygen atoms in total. The fraction of sp³-hybridized carbons (Fsp3) is 0.600. The molecule has 3 N–H and O–H groups in total. The van der Waals surface area contributed by atoms with Gasteiger partial charge in [-0.05, 0) is 44.8 Å². The van der Waals surface area contributed by atoms with Crippen LogP contribution in [0.5, 0.6) is 0 Å². The molecule has 1 aliphatic heterocycles. The van der Waals surface area contributed by atoms with Crippen LogP contribution < -0.4 is 10.6 Å². The zero-order chi connectivity index (χ0) is 15.8. The molecule has 24 heavy (non-hydrogen) atoms. The van der Waals surface area contributed by atoms with E-state index in [2.05, 4.69) is 30.9 Å². The molecule has 2 fully saturated rings. The fourth-order valence-corrected chi connectivity index (χ4v) is 2.99. The largest absolute Gasteiger partial charge is 0.317 e. The number of piperidine rings is 1. The van der Waals surface area contributed by atoms with Crippen LogP contribution in [0.15, 0.2) is 6.07 Å². The van der Waals surface area contributed by atoms with E-state index in [1.807, 2.05) is 6.07 Å². The molecule has 0 atom stereocenters. The van der Waals surface area contributed by atoms with Gasteiger partial charge in [-0.3, -0.25) is 15.2 Å². The van der Waals surface area contributed by atoms with Crippen molar-refractivity contribution in [2.45, 2.75) is 37.5 Å². The van der Waals surface area contributed by atoms with Crippen LogP contribution in [0.3, 0.4) is 0 Å². The summed E-state index contributed by atoms with van der Waals surface area (Å²) in [6, 6.07) is 1.83. The molecule has 2 aromatic rings. The Morgan fingerprint density at radius 1 is 1.25 bits per heavy atom. The Morgan fingerprint density at radius 3 is 2.71 bits per heavy atom. The molecule has 1 saturated heterocycles. The highest BCUT2D eigenvalue weighted by molar-refractivity contribution is 6.01. The van der Waals surface area contributed by atoms with Crippen LogP contribution in [0, 0.1) is 0 Å². The lowest BCUT2D eigenvalue weighted by atomic mass is 9.98. The molecule has 1 saturated carbocycles. The molecular weight excluding hydrogens is 330 g/mol. The van der Waals surface area contributed by atoms with Crippen molar-refractivity contribution in [3.05, 3.63) is 23.3 Å². The van der Waals surface area contributed by atoms with Gasteiger partial charge in [-0.2, -0.15) is 15.2 Å². The number of carbonyl (C=O) groups is 1. The number of aromatic amines is 1. The molecule has 3 heterocycles. The average molecular weight is 352 g/mol. The zero-order valence-electron chi connectivity index (χ0n) is 13.6. The Kier molecular flexibility index (Phi) is 4.86. The molecule has 0 radical (unpaired) electrons. The molecule has 130 valence electrons. The zero-order valence-corrected chi connectivity index (χ0v) is 14.4. The normalized spacial score (nSPS) is 18.2. The summed E-state index contributed by atoms with van der Waals surface area (Å²) in [5.74, 6) is 1.94. The number of H-pyrrole nitrogens is 1. The maximum atomic E-state index is 12.3. The van der Waals surface area contributed by atoms with E-state index in [-0.39, 0.29) is 18.3 Å². The van der Waals surface area contributed by atoms with Gasteiger partial charge in [0.15, 0.2) is 11.5 Å². The van der Waals surface area contributed by atoms with Crippen molar-refractivity contribution in [2.75, 3.05) is 18.4 Å². The van der Waals surface area contributed by atoms with Gasteiger partial charge in [0.05, 0.1) is 0 Å². The van der Waals surface area contributed by atoms with Crippen molar-refractivity contribution < 1.29 is 4.79 Å². The first kappa shape index (κ1) is 16.9. The van der Waals surface area contributed by atoms with Crippen molar-refractivity contribution in [1.82, 2.24) is 30.3 Å². The van der Waals surface area contributed by atoms with Crippen LogP contribution in [-0.2, 0) is 7.05 Å². The second-order valence-corrected chi connectivity index (χ2v) is 6.38. The number of hydrogen-bond acceptors (Lipinski definition) is 5. The summed E-state index contributed by atoms with van der Waals surface area (Å²) in [5, 5.41) is 17.6. The van der Waals surface area contributed by atoms with Gasteiger partial charge in [0.2, 0.25) is 5.95 Å². The predicted octanol–water partition coefficient (Wildman–Crippen LogP) is 1.56. The van der Waals surface area contributed by atoms with E-state index >= 15 is 0 Å². The lowest BCUT2D eigenvalue weighted by Crippen LogP contribution is -2.27. The smallest absolute Gasteiger partial charge is 0.278 e.